The molecule has 19 heavy (non-hydrogen) atoms. The molecule has 0 atom stereocenters. The molecule has 1 nitrogen and oxygen atoms in total. The first-order valence-corrected chi connectivity index (χ1v) is 7.82. The van der Waals surface area contributed by atoms with Gasteiger partial charge in [-0.15, -0.1) is 0 Å². The molecule has 1 N–H and O–H groups in total. The van der Waals surface area contributed by atoms with E-state index in [9.17, 15) is 0 Å². The monoisotopic (exact) mass is 269 g/mol. The highest BCUT2D eigenvalue weighted by Crippen LogP contribution is 2.26. The summed E-state index contributed by atoms with van der Waals surface area (Å²) in [5.41, 5.74) is 1.59. The van der Waals surface area contributed by atoms with Crippen molar-refractivity contribution in [3.8, 4) is 0 Å². The van der Waals surface area contributed by atoms with Crippen LogP contribution in [0.4, 0.5) is 0 Å². The molecule has 0 rings (SSSR count). The van der Waals surface area contributed by atoms with E-state index in [1.165, 1.54) is 38.6 Å². The topological polar surface area (TPSA) is 12.0 Å². The van der Waals surface area contributed by atoms with Gasteiger partial charge in [-0.1, -0.05) is 78.7 Å². The van der Waals surface area contributed by atoms with Crippen molar-refractivity contribution >= 4 is 0 Å². The zero-order valence-corrected chi connectivity index (χ0v) is 14.7. The minimum absolute atomic E-state index is 0.569. The van der Waals surface area contributed by atoms with Crippen molar-refractivity contribution in [2.24, 2.45) is 5.41 Å². The number of unbranched alkanes of at least 4 members (excludes halogenated alkanes) is 2. The predicted molar refractivity (Wildman–Crippen MR) is 92.8 cm³/mol. The van der Waals surface area contributed by atoms with Gasteiger partial charge in [-0.05, 0) is 38.8 Å². The molecule has 0 heterocycles. The number of nitrogens with one attached hydrogen (secondary N) is 1. The van der Waals surface area contributed by atoms with Crippen LogP contribution in [0.5, 0.6) is 0 Å². The minimum atomic E-state index is 0.569. The lowest BCUT2D eigenvalue weighted by atomic mass is 9.84. The van der Waals surface area contributed by atoms with Gasteiger partial charge in [0.1, 0.15) is 0 Å². The van der Waals surface area contributed by atoms with E-state index >= 15 is 0 Å². The van der Waals surface area contributed by atoms with Crippen molar-refractivity contribution in [2.45, 2.75) is 73.6 Å². The van der Waals surface area contributed by atoms with Gasteiger partial charge >= 0.3 is 0 Å². The average Bonchev–Trinajstić information content (AvgIpc) is 2.41. The Balaban J connectivity index is -0.000000307. The second kappa shape index (κ2) is 17.4. The predicted octanol–water partition coefficient (Wildman–Crippen LogP) is 5.98. The molecule has 0 aromatic rings. The average molecular weight is 270 g/mol. The largest absolute Gasteiger partial charge is 0.320 e. The Morgan fingerprint density at radius 1 is 1.16 bits per heavy atom. The van der Waals surface area contributed by atoms with Crippen molar-refractivity contribution in [1.82, 2.24) is 5.32 Å². The summed E-state index contributed by atoms with van der Waals surface area (Å²) < 4.78 is 0. The van der Waals surface area contributed by atoms with E-state index in [0.717, 1.165) is 5.57 Å². The van der Waals surface area contributed by atoms with Gasteiger partial charge in [0.2, 0.25) is 0 Å². The van der Waals surface area contributed by atoms with Gasteiger partial charge in [-0.25, -0.2) is 0 Å². The maximum absolute atomic E-state index is 3.56. The molecule has 0 amide bonds. The van der Waals surface area contributed by atoms with Crippen LogP contribution in [-0.4, -0.2) is 13.6 Å². The highest BCUT2D eigenvalue weighted by Gasteiger charge is 2.13. The number of allylic oxidation sites excluding steroid dienone is 2. The summed E-state index contributed by atoms with van der Waals surface area (Å²) >= 11 is 0. The summed E-state index contributed by atoms with van der Waals surface area (Å²) in [5.74, 6) is 0. The van der Waals surface area contributed by atoms with E-state index in [4.69, 9.17) is 0 Å². The van der Waals surface area contributed by atoms with Crippen LogP contribution in [0, 0.1) is 5.41 Å². The third-order valence-electron chi connectivity index (χ3n) is 3.09. The molecule has 1 heteroatoms. The lowest BCUT2D eigenvalue weighted by Crippen LogP contribution is -2.10. The molecule has 0 aromatic carbocycles. The first-order chi connectivity index (χ1) is 8.89. The molecule has 116 valence electrons. The molecule has 0 bridgehead atoms. The Labute approximate surface area is 123 Å². The van der Waals surface area contributed by atoms with Crippen LogP contribution in [0.25, 0.3) is 0 Å². The van der Waals surface area contributed by atoms with E-state index in [-0.39, 0.29) is 0 Å². The minimum Gasteiger partial charge on any atom is -0.320 e. The fourth-order valence-electron chi connectivity index (χ4n) is 1.26. The van der Waals surface area contributed by atoms with Crippen LogP contribution in [0.1, 0.15) is 73.6 Å². The van der Waals surface area contributed by atoms with Crippen molar-refractivity contribution in [3.05, 3.63) is 24.8 Å². The fourth-order valence-corrected chi connectivity index (χ4v) is 1.26. The summed E-state index contributed by atoms with van der Waals surface area (Å²) in [6.45, 7) is 21.1. The van der Waals surface area contributed by atoms with Crippen molar-refractivity contribution in [1.29, 1.82) is 0 Å². The lowest BCUT2D eigenvalue weighted by Gasteiger charge is -2.22. The van der Waals surface area contributed by atoms with E-state index in [2.05, 4.69) is 39.2 Å². The number of rotatable bonds is 8. The second-order valence-corrected chi connectivity index (χ2v) is 5.48. The lowest BCUT2D eigenvalue weighted by molar-refractivity contribution is 0.308. The molecule has 0 radical (unpaired) electrons. The third-order valence-corrected chi connectivity index (χ3v) is 3.09. The summed E-state index contributed by atoms with van der Waals surface area (Å²) in [4.78, 5) is 0. The van der Waals surface area contributed by atoms with Crippen LogP contribution in [-0.2, 0) is 0 Å². The molecule has 0 spiro atoms. The van der Waals surface area contributed by atoms with Gasteiger partial charge in [0, 0.05) is 0 Å². The van der Waals surface area contributed by atoms with Gasteiger partial charge in [0.15, 0.2) is 0 Å². The zero-order chi connectivity index (χ0) is 15.7. The van der Waals surface area contributed by atoms with E-state index in [1.54, 1.807) is 6.08 Å². The molecule has 0 saturated heterocycles. The summed E-state index contributed by atoms with van der Waals surface area (Å²) in [7, 11) is 2.02. The Bertz CT molecular complexity index is 192. The van der Waals surface area contributed by atoms with Gasteiger partial charge in [0.25, 0.3) is 0 Å². The Morgan fingerprint density at radius 3 is 1.95 bits per heavy atom. The maximum atomic E-state index is 3.56. The normalized spacial score (nSPS) is 9.63. The van der Waals surface area contributed by atoms with Crippen molar-refractivity contribution in [2.75, 3.05) is 13.6 Å². The van der Waals surface area contributed by atoms with Crippen LogP contribution < -0.4 is 5.32 Å². The fraction of sp³-hybridized carbons (Fsp3) is 0.778. The van der Waals surface area contributed by atoms with Crippen LogP contribution >= 0.6 is 0 Å². The molecule has 0 fully saturated rings. The Kier molecular flexibility index (Phi) is 21.6. The molecule has 0 aliphatic rings. The molecule has 0 aromatic heterocycles. The molecule has 0 unspecified atom stereocenters. The first-order valence-electron chi connectivity index (χ1n) is 7.82. The highest BCUT2D eigenvalue weighted by atomic mass is 14.8. The summed E-state index contributed by atoms with van der Waals surface area (Å²) in [5, 5.41) is 3.18. The zero-order valence-electron chi connectivity index (χ0n) is 14.7. The molecule has 0 aliphatic heterocycles. The first kappa shape index (κ1) is 23.5. The van der Waals surface area contributed by atoms with Gasteiger partial charge < -0.3 is 5.32 Å². The number of hydrogen-bond donors (Lipinski definition) is 1. The van der Waals surface area contributed by atoms with E-state index in [1.807, 2.05) is 27.8 Å². The van der Waals surface area contributed by atoms with E-state index in [0.29, 0.717) is 5.41 Å². The molecular formula is C18H39N. The maximum Gasteiger partial charge on any atom is -0.00519 e. The number of hydrogen-bond acceptors (Lipinski definition) is 1. The Hall–Kier alpha value is -0.560. The van der Waals surface area contributed by atoms with Crippen LogP contribution in [0.2, 0.25) is 0 Å². The molecular weight excluding hydrogens is 230 g/mol. The third kappa shape index (κ3) is 26.9. The second-order valence-electron chi connectivity index (χ2n) is 5.48. The standard InChI is InChI=1S/C11H25N.C5H8.C2H6/c1-5-11(2,3)9-7-6-8-10-12-4;1-4-5(2)3;1-2/h12H,5-10H2,1-4H3;4H,1-2H2,3H3;1-2H3. The van der Waals surface area contributed by atoms with Crippen molar-refractivity contribution < 1.29 is 0 Å². The SMILES string of the molecule is C=CC(=C)C.CC.CCC(C)(C)CCCCCNC. The Morgan fingerprint density at radius 2 is 1.63 bits per heavy atom. The van der Waals surface area contributed by atoms with Gasteiger partial charge in [0.05, 0.1) is 0 Å². The highest BCUT2D eigenvalue weighted by molar-refractivity contribution is 5.05. The van der Waals surface area contributed by atoms with Gasteiger partial charge in [-0.2, -0.15) is 0 Å². The van der Waals surface area contributed by atoms with Crippen LogP contribution in [0.3, 0.4) is 0 Å². The molecule has 0 aliphatic carbocycles. The smallest absolute Gasteiger partial charge is 0.00519 e. The summed E-state index contributed by atoms with van der Waals surface area (Å²) in [6, 6.07) is 0. The quantitative estimate of drug-likeness (QED) is 0.422. The van der Waals surface area contributed by atoms with Gasteiger partial charge in [-0.3, -0.25) is 0 Å². The summed E-state index contributed by atoms with van der Waals surface area (Å²) in [6.07, 6.45) is 8.51. The van der Waals surface area contributed by atoms with Crippen LogP contribution in [0.15, 0.2) is 24.8 Å². The van der Waals surface area contributed by atoms with Crippen molar-refractivity contribution in [3.63, 3.8) is 0 Å². The molecule has 0 saturated carbocycles. The van der Waals surface area contributed by atoms with E-state index < -0.39 is 0 Å².